The van der Waals surface area contributed by atoms with Crippen LogP contribution < -0.4 is 10.6 Å². The number of esters is 1. The molecule has 1 fully saturated rings. The van der Waals surface area contributed by atoms with Crippen molar-refractivity contribution in [3.05, 3.63) is 23.8 Å². The number of rotatable bonds is 3. The molecule has 0 aromatic heterocycles. The first-order chi connectivity index (χ1) is 9.11. The maximum absolute atomic E-state index is 12.0. The highest BCUT2D eigenvalue weighted by Crippen LogP contribution is 2.28. The molecule has 0 spiro atoms. The van der Waals surface area contributed by atoms with E-state index in [1.54, 1.807) is 6.07 Å². The Bertz CT molecular complexity index is 465. The van der Waals surface area contributed by atoms with Crippen LogP contribution in [-0.2, 0) is 4.74 Å². The number of thioether (sulfide) groups is 1. The van der Waals surface area contributed by atoms with E-state index in [0.29, 0.717) is 23.1 Å². The van der Waals surface area contributed by atoms with Crippen LogP contribution in [0.25, 0.3) is 0 Å². The van der Waals surface area contributed by atoms with Gasteiger partial charge in [-0.3, -0.25) is 0 Å². The number of ether oxygens (including phenoxy) is 1. The average molecular weight is 280 g/mol. The summed E-state index contributed by atoms with van der Waals surface area (Å²) < 4.78 is 5.11. The van der Waals surface area contributed by atoms with E-state index >= 15 is 0 Å². The second kappa shape index (κ2) is 6.19. The Morgan fingerprint density at radius 3 is 3.05 bits per heavy atom. The zero-order valence-electron chi connectivity index (χ0n) is 11.4. The van der Waals surface area contributed by atoms with Gasteiger partial charge in [0.1, 0.15) is 0 Å². The minimum absolute atomic E-state index is 0.296. The summed E-state index contributed by atoms with van der Waals surface area (Å²) in [6, 6.07) is 5.47. The molecule has 2 N–H and O–H groups in total. The Morgan fingerprint density at radius 2 is 2.37 bits per heavy atom. The van der Waals surface area contributed by atoms with Crippen molar-refractivity contribution in [2.24, 2.45) is 0 Å². The van der Waals surface area contributed by atoms with Gasteiger partial charge in [-0.25, -0.2) is 4.79 Å². The number of hydrogen-bond donors (Lipinski definition) is 1. The fourth-order valence-corrected chi connectivity index (χ4v) is 3.25. The molecule has 1 aliphatic rings. The first kappa shape index (κ1) is 14.1. The summed E-state index contributed by atoms with van der Waals surface area (Å²) in [5, 5.41) is 0.571. The Hall–Kier alpha value is -1.36. The number of hydrogen-bond acceptors (Lipinski definition) is 5. The third-order valence-corrected chi connectivity index (χ3v) is 4.23. The first-order valence-electron chi connectivity index (χ1n) is 6.55. The summed E-state index contributed by atoms with van der Waals surface area (Å²) in [6.07, 6.45) is 0. The summed E-state index contributed by atoms with van der Waals surface area (Å²) in [5.74, 6) is 0.782. The number of nitrogens with zero attached hydrogens (tertiary/aromatic N) is 1. The van der Waals surface area contributed by atoms with Crippen LogP contribution in [0.2, 0.25) is 0 Å². The molecular weight excluding hydrogens is 260 g/mol. The molecule has 0 bridgehead atoms. The SMILES string of the molecule is CCOC(=O)c1cc(N)ccc1N1CCSC(C)C1. The molecule has 1 heterocycles. The van der Waals surface area contributed by atoms with Crippen molar-refractivity contribution in [1.29, 1.82) is 0 Å². The van der Waals surface area contributed by atoms with Gasteiger partial charge in [-0.1, -0.05) is 6.92 Å². The van der Waals surface area contributed by atoms with Crippen molar-refractivity contribution in [2.75, 3.05) is 36.1 Å². The quantitative estimate of drug-likeness (QED) is 0.680. The highest BCUT2D eigenvalue weighted by molar-refractivity contribution is 8.00. The molecular formula is C14H20N2O2S. The number of carbonyl (C=O) groups excluding carboxylic acids is 1. The minimum Gasteiger partial charge on any atom is -0.462 e. The second-order valence-electron chi connectivity index (χ2n) is 4.62. The molecule has 1 unspecified atom stereocenters. The van der Waals surface area contributed by atoms with Gasteiger partial charge in [-0.2, -0.15) is 11.8 Å². The van der Waals surface area contributed by atoms with Crippen molar-refractivity contribution >= 4 is 29.1 Å². The fourth-order valence-electron chi connectivity index (χ4n) is 2.24. The fraction of sp³-hybridized carbons (Fsp3) is 0.500. The predicted octanol–water partition coefficient (Wildman–Crippen LogP) is 2.39. The molecule has 1 aromatic rings. The molecule has 19 heavy (non-hydrogen) atoms. The monoisotopic (exact) mass is 280 g/mol. The number of nitrogen functional groups attached to an aromatic ring is 1. The number of carbonyl (C=O) groups is 1. The van der Waals surface area contributed by atoms with Crippen molar-refractivity contribution in [2.45, 2.75) is 19.1 Å². The smallest absolute Gasteiger partial charge is 0.340 e. The minimum atomic E-state index is -0.296. The van der Waals surface area contributed by atoms with Crippen molar-refractivity contribution in [3.8, 4) is 0 Å². The van der Waals surface area contributed by atoms with Crippen LogP contribution in [0.3, 0.4) is 0 Å². The average Bonchev–Trinajstić information content (AvgIpc) is 2.39. The number of nitrogens with two attached hydrogens (primary N) is 1. The molecule has 1 aromatic carbocycles. The second-order valence-corrected chi connectivity index (χ2v) is 6.17. The topological polar surface area (TPSA) is 55.6 Å². The maximum atomic E-state index is 12.0. The molecule has 0 radical (unpaired) electrons. The molecule has 1 aliphatic heterocycles. The molecule has 0 saturated carbocycles. The van der Waals surface area contributed by atoms with E-state index in [-0.39, 0.29) is 5.97 Å². The lowest BCUT2D eigenvalue weighted by Gasteiger charge is -2.33. The lowest BCUT2D eigenvalue weighted by molar-refractivity contribution is 0.0527. The van der Waals surface area contributed by atoms with E-state index in [9.17, 15) is 4.79 Å². The van der Waals surface area contributed by atoms with Crippen LogP contribution in [0.1, 0.15) is 24.2 Å². The highest BCUT2D eigenvalue weighted by Gasteiger charge is 2.22. The number of benzene rings is 1. The summed E-state index contributed by atoms with van der Waals surface area (Å²) in [5.41, 5.74) is 7.88. The largest absolute Gasteiger partial charge is 0.462 e. The van der Waals surface area contributed by atoms with Gasteiger partial charge in [0.15, 0.2) is 0 Å². The summed E-state index contributed by atoms with van der Waals surface area (Å²) in [7, 11) is 0. The van der Waals surface area contributed by atoms with Crippen molar-refractivity contribution in [3.63, 3.8) is 0 Å². The van der Waals surface area contributed by atoms with Crippen LogP contribution in [0.5, 0.6) is 0 Å². The van der Waals surface area contributed by atoms with E-state index in [4.69, 9.17) is 10.5 Å². The molecule has 4 nitrogen and oxygen atoms in total. The molecule has 104 valence electrons. The third kappa shape index (κ3) is 3.35. The van der Waals surface area contributed by atoms with E-state index in [1.165, 1.54) is 0 Å². The molecule has 0 amide bonds. The molecule has 1 saturated heterocycles. The Balaban J connectivity index is 2.30. The molecule has 0 aliphatic carbocycles. The van der Waals surface area contributed by atoms with Gasteiger partial charge in [-0.15, -0.1) is 0 Å². The van der Waals surface area contributed by atoms with Crippen LogP contribution in [0.15, 0.2) is 18.2 Å². The van der Waals surface area contributed by atoms with Crippen LogP contribution in [0, 0.1) is 0 Å². The summed E-state index contributed by atoms with van der Waals surface area (Å²) in [6.45, 7) is 6.29. The van der Waals surface area contributed by atoms with Gasteiger partial charge in [0.25, 0.3) is 0 Å². The van der Waals surface area contributed by atoms with Gasteiger partial charge < -0.3 is 15.4 Å². The van der Waals surface area contributed by atoms with Crippen molar-refractivity contribution < 1.29 is 9.53 Å². The standard InChI is InChI=1S/C14H20N2O2S/c1-3-18-14(17)12-8-11(15)4-5-13(12)16-6-7-19-10(2)9-16/h4-5,8,10H,3,6-7,9,15H2,1-2H3. The van der Waals surface area contributed by atoms with Crippen LogP contribution in [0.4, 0.5) is 11.4 Å². The Kier molecular flexibility index (Phi) is 4.58. The van der Waals surface area contributed by atoms with Gasteiger partial charge in [0.2, 0.25) is 0 Å². The normalized spacial score (nSPS) is 19.3. The summed E-state index contributed by atoms with van der Waals surface area (Å²) in [4.78, 5) is 14.3. The van der Waals surface area contributed by atoms with Gasteiger partial charge in [0.05, 0.1) is 17.9 Å². The number of anilines is 2. The van der Waals surface area contributed by atoms with E-state index in [0.717, 1.165) is 24.5 Å². The van der Waals surface area contributed by atoms with Gasteiger partial charge in [0, 0.05) is 29.8 Å². The van der Waals surface area contributed by atoms with Gasteiger partial charge >= 0.3 is 5.97 Å². The van der Waals surface area contributed by atoms with Crippen LogP contribution in [-0.4, -0.2) is 36.7 Å². The van der Waals surface area contributed by atoms with Crippen molar-refractivity contribution in [1.82, 2.24) is 0 Å². The highest BCUT2D eigenvalue weighted by atomic mass is 32.2. The Labute approximate surface area is 118 Å². The zero-order chi connectivity index (χ0) is 13.8. The lowest BCUT2D eigenvalue weighted by Crippen LogP contribution is -2.37. The van der Waals surface area contributed by atoms with E-state index < -0.39 is 0 Å². The predicted molar refractivity (Wildman–Crippen MR) is 80.9 cm³/mol. The van der Waals surface area contributed by atoms with E-state index in [2.05, 4.69) is 11.8 Å². The molecule has 5 heteroatoms. The van der Waals surface area contributed by atoms with Crippen LogP contribution >= 0.6 is 11.8 Å². The lowest BCUT2D eigenvalue weighted by atomic mass is 10.1. The Morgan fingerprint density at radius 1 is 1.58 bits per heavy atom. The molecule has 1 atom stereocenters. The molecule has 2 rings (SSSR count). The van der Waals surface area contributed by atoms with E-state index in [1.807, 2.05) is 30.8 Å². The van der Waals surface area contributed by atoms with Gasteiger partial charge in [-0.05, 0) is 25.1 Å². The third-order valence-electron chi connectivity index (χ3n) is 3.10. The first-order valence-corrected chi connectivity index (χ1v) is 7.60. The zero-order valence-corrected chi connectivity index (χ0v) is 12.2. The summed E-state index contributed by atoms with van der Waals surface area (Å²) >= 11 is 1.96. The maximum Gasteiger partial charge on any atom is 0.340 e.